The number of rotatable bonds is 1. The van der Waals surface area contributed by atoms with Gasteiger partial charge in [0.25, 0.3) is 5.91 Å². The third-order valence-corrected chi connectivity index (χ3v) is 5.30. The molecule has 126 valence electrons. The largest absolute Gasteiger partial charge is 0.343 e. The van der Waals surface area contributed by atoms with Gasteiger partial charge in [-0.05, 0) is 17.4 Å². The molecule has 0 bridgehead atoms. The summed E-state index contributed by atoms with van der Waals surface area (Å²) in [5, 5.41) is 2.90. The minimum absolute atomic E-state index is 0.0378. The maximum Gasteiger partial charge on any atom is 0.298 e. The summed E-state index contributed by atoms with van der Waals surface area (Å²) >= 11 is 2.98. The fourth-order valence-corrected chi connectivity index (χ4v) is 3.77. The van der Waals surface area contributed by atoms with Crippen molar-refractivity contribution in [1.29, 1.82) is 0 Å². The van der Waals surface area contributed by atoms with E-state index in [-0.39, 0.29) is 11.3 Å². The van der Waals surface area contributed by atoms with Crippen LogP contribution in [0.2, 0.25) is 0 Å². The van der Waals surface area contributed by atoms with Gasteiger partial charge in [0, 0.05) is 49.0 Å². The van der Waals surface area contributed by atoms with Crippen LogP contribution in [0.15, 0.2) is 17.5 Å². The maximum absolute atomic E-state index is 12.2. The Hall–Kier alpha value is -1.91. The summed E-state index contributed by atoms with van der Waals surface area (Å²) in [6.45, 7) is 9.21. The molecule has 1 aliphatic heterocycles. The number of aromatic nitrogens is 2. The van der Waals surface area contributed by atoms with E-state index in [0.29, 0.717) is 13.1 Å². The summed E-state index contributed by atoms with van der Waals surface area (Å²) in [4.78, 5) is 21.8. The van der Waals surface area contributed by atoms with Gasteiger partial charge in [-0.25, -0.2) is 4.98 Å². The molecule has 0 aliphatic carbocycles. The predicted octanol–water partition coefficient (Wildman–Crippen LogP) is 2.60. The molecule has 24 heavy (non-hydrogen) atoms. The molecule has 2 aromatic heterocycles. The van der Waals surface area contributed by atoms with Crippen molar-refractivity contribution in [2.24, 2.45) is 0 Å². The van der Waals surface area contributed by atoms with Crippen LogP contribution in [-0.2, 0) is 10.2 Å². The number of anilines is 1. The molecular weight excluding hydrogens is 340 g/mol. The average molecular weight is 361 g/mol. The third kappa shape index (κ3) is 3.94. The Balaban J connectivity index is 1.57. The predicted molar refractivity (Wildman–Crippen MR) is 98.6 cm³/mol. The van der Waals surface area contributed by atoms with Gasteiger partial charge >= 0.3 is 0 Å². The van der Waals surface area contributed by atoms with Crippen LogP contribution >= 0.6 is 22.9 Å². The average Bonchev–Trinajstić information content (AvgIpc) is 3.23. The summed E-state index contributed by atoms with van der Waals surface area (Å²) in [5.74, 6) is 6.44. The highest BCUT2D eigenvalue weighted by Crippen LogP contribution is 2.25. The van der Waals surface area contributed by atoms with Crippen LogP contribution in [0.3, 0.4) is 0 Å². The number of nitrogens with zero attached hydrogens (tertiary/aromatic N) is 4. The van der Waals surface area contributed by atoms with Crippen molar-refractivity contribution in [1.82, 2.24) is 14.3 Å². The molecule has 2 aromatic rings. The van der Waals surface area contributed by atoms with Gasteiger partial charge in [0.1, 0.15) is 5.82 Å². The second kappa shape index (κ2) is 6.91. The molecule has 0 aromatic carbocycles. The molecule has 1 aliphatic rings. The van der Waals surface area contributed by atoms with Crippen LogP contribution in [0.5, 0.6) is 0 Å². The first kappa shape index (κ1) is 16.9. The Bertz CT molecular complexity index is 757. The smallest absolute Gasteiger partial charge is 0.298 e. The number of hydrogen-bond acceptors (Lipinski definition) is 6. The Morgan fingerprint density at radius 3 is 2.58 bits per heavy atom. The minimum atomic E-state index is -0.101. The second-order valence-corrected chi connectivity index (χ2v) is 8.34. The van der Waals surface area contributed by atoms with Gasteiger partial charge in [0.05, 0.1) is 4.88 Å². The molecule has 7 heteroatoms. The molecule has 3 rings (SSSR count). The zero-order valence-electron chi connectivity index (χ0n) is 14.1. The van der Waals surface area contributed by atoms with Gasteiger partial charge < -0.3 is 9.80 Å². The van der Waals surface area contributed by atoms with Crippen LogP contribution in [0.1, 0.15) is 31.5 Å². The van der Waals surface area contributed by atoms with Gasteiger partial charge in [-0.2, -0.15) is 4.37 Å². The highest BCUT2D eigenvalue weighted by atomic mass is 32.1. The number of hydrogen-bond donors (Lipinski definition) is 0. The van der Waals surface area contributed by atoms with Crippen molar-refractivity contribution in [3.05, 3.63) is 28.2 Å². The first-order valence-electron chi connectivity index (χ1n) is 7.87. The van der Waals surface area contributed by atoms with Gasteiger partial charge in [-0.1, -0.05) is 26.8 Å². The Labute approximate surface area is 150 Å². The van der Waals surface area contributed by atoms with Gasteiger partial charge in [-0.3, -0.25) is 4.79 Å². The lowest BCUT2D eigenvalue weighted by Gasteiger charge is -2.33. The van der Waals surface area contributed by atoms with Crippen molar-refractivity contribution < 1.29 is 4.79 Å². The van der Waals surface area contributed by atoms with E-state index in [1.54, 1.807) is 11.3 Å². The van der Waals surface area contributed by atoms with E-state index in [0.717, 1.165) is 28.9 Å². The van der Waals surface area contributed by atoms with E-state index in [2.05, 4.69) is 46.9 Å². The zero-order valence-corrected chi connectivity index (χ0v) is 15.7. The van der Waals surface area contributed by atoms with E-state index in [1.165, 1.54) is 11.5 Å². The molecule has 1 fully saturated rings. The van der Waals surface area contributed by atoms with Crippen molar-refractivity contribution in [3.8, 4) is 11.8 Å². The Kier molecular flexibility index (Phi) is 4.88. The van der Waals surface area contributed by atoms with Crippen molar-refractivity contribution >= 4 is 33.9 Å². The Morgan fingerprint density at radius 1 is 1.25 bits per heavy atom. The maximum atomic E-state index is 12.2. The van der Waals surface area contributed by atoms with Crippen LogP contribution in [0.4, 0.5) is 5.13 Å². The molecule has 3 heterocycles. The molecule has 0 atom stereocenters. The Morgan fingerprint density at radius 2 is 2.00 bits per heavy atom. The highest BCUT2D eigenvalue weighted by Gasteiger charge is 2.25. The lowest BCUT2D eigenvalue weighted by Crippen LogP contribution is -2.48. The molecule has 0 radical (unpaired) electrons. The fraction of sp³-hybridized carbons (Fsp3) is 0.471. The van der Waals surface area contributed by atoms with E-state index in [4.69, 9.17) is 0 Å². The van der Waals surface area contributed by atoms with Crippen molar-refractivity contribution in [3.63, 3.8) is 0 Å². The third-order valence-electron chi connectivity index (χ3n) is 3.74. The van der Waals surface area contributed by atoms with Crippen LogP contribution < -0.4 is 4.90 Å². The van der Waals surface area contributed by atoms with Crippen LogP contribution in [-0.4, -0.2) is 46.3 Å². The number of carbonyl (C=O) groups is 1. The summed E-state index contributed by atoms with van der Waals surface area (Å²) in [6.07, 6.45) is 0. The van der Waals surface area contributed by atoms with Gasteiger partial charge in [0.2, 0.25) is 5.13 Å². The molecule has 0 spiro atoms. The summed E-state index contributed by atoms with van der Waals surface area (Å²) in [7, 11) is 0. The monoisotopic (exact) mass is 360 g/mol. The van der Waals surface area contributed by atoms with Gasteiger partial charge in [-0.15, -0.1) is 11.3 Å². The topological polar surface area (TPSA) is 49.3 Å². The molecule has 1 saturated heterocycles. The molecule has 0 N–H and O–H groups in total. The SMILES string of the molecule is CC(C)(C)c1nsc(N2CCN(C(=O)C#Cc3cccs3)CC2)n1. The lowest BCUT2D eigenvalue weighted by atomic mass is 9.96. The number of carbonyl (C=O) groups excluding carboxylic acids is 1. The number of thiophene rings is 1. The quantitative estimate of drug-likeness (QED) is 0.734. The van der Waals surface area contributed by atoms with E-state index < -0.39 is 0 Å². The summed E-state index contributed by atoms with van der Waals surface area (Å²) in [5.41, 5.74) is -0.0378. The molecular formula is C17H20N4OS2. The molecule has 0 saturated carbocycles. The summed E-state index contributed by atoms with van der Waals surface area (Å²) < 4.78 is 4.46. The van der Waals surface area contributed by atoms with Crippen molar-refractivity contribution in [2.45, 2.75) is 26.2 Å². The van der Waals surface area contributed by atoms with Gasteiger partial charge in [0.15, 0.2) is 0 Å². The fourth-order valence-electron chi connectivity index (χ4n) is 2.29. The highest BCUT2D eigenvalue weighted by molar-refractivity contribution is 7.10. The van der Waals surface area contributed by atoms with E-state index >= 15 is 0 Å². The van der Waals surface area contributed by atoms with Crippen LogP contribution in [0.25, 0.3) is 0 Å². The standard InChI is InChI=1S/C17H20N4OS2/c1-17(2,3)15-18-16(24-19-15)21-10-8-20(9-11-21)14(22)7-6-13-5-4-12-23-13/h4-5,12H,8-11H2,1-3H3. The lowest BCUT2D eigenvalue weighted by molar-refractivity contribution is -0.125. The summed E-state index contributed by atoms with van der Waals surface area (Å²) in [6, 6.07) is 3.86. The second-order valence-electron chi connectivity index (χ2n) is 6.66. The molecule has 1 amide bonds. The minimum Gasteiger partial charge on any atom is -0.343 e. The van der Waals surface area contributed by atoms with Crippen LogP contribution in [0, 0.1) is 11.8 Å². The van der Waals surface area contributed by atoms with E-state index in [9.17, 15) is 4.79 Å². The number of amides is 1. The number of piperazine rings is 1. The normalized spacial score (nSPS) is 15.1. The first-order chi connectivity index (χ1) is 11.4. The molecule has 5 nitrogen and oxygen atoms in total. The van der Waals surface area contributed by atoms with Crippen molar-refractivity contribution in [2.75, 3.05) is 31.1 Å². The first-order valence-corrected chi connectivity index (χ1v) is 9.52. The van der Waals surface area contributed by atoms with E-state index in [1.807, 2.05) is 22.4 Å². The zero-order chi connectivity index (χ0) is 17.2. The molecule has 0 unspecified atom stereocenters.